The molecular weight excluding hydrogens is 232 g/mol. The van der Waals surface area contributed by atoms with Crippen molar-refractivity contribution < 1.29 is 0 Å². The van der Waals surface area contributed by atoms with Crippen molar-refractivity contribution in [3.8, 4) is 12.1 Å². The molecule has 0 heterocycles. The molecule has 0 saturated carbocycles. The highest BCUT2D eigenvalue weighted by Gasteiger charge is 2.02. The Morgan fingerprint density at radius 1 is 1.05 bits per heavy atom. The summed E-state index contributed by atoms with van der Waals surface area (Å²) in [7, 11) is 0. The summed E-state index contributed by atoms with van der Waals surface area (Å²) < 4.78 is 0. The van der Waals surface area contributed by atoms with Gasteiger partial charge in [-0.25, -0.2) is 0 Å². The van der Waals surface area contributed by atoms with E-state index in [0.717, 1.165) is 11.1 Å². The fraction of sp³-hybridized carbons (Fsp3) is 0.0588. The van der Waals surface area contributed by atoms with Gasteiger partial charge in [-0.2, -0.15) is 10.5 Å². The normalized spacial score (nSPS) is 10.6. The number of hydrogen-bond donors (Lipinski definition) is 0. The van der Waals surface area contributed by atoms with Crippen molar-refractivity contribution in [2.24, 2.45) is 0 Å². The van der Waals surface area contributed by atoms with Crippen molar-refractivity contribution >= 4 is 11.6 Å². The molecule has 0 aromatic heterocycles. The lowest BCUT2D eigenvalue weighted by molar-refractivity contribution is 1.46. The van der Waals surface area contributed by atoms with Crippen molar-refractivity contribution in [2.45, 2.75) is 6.92 Å². The SMILES string of the molecule is Cc1ccc(/C=C(/C#N)c2cccc(C#N)c2)cc1. The largest absolute Gasteiger partial charge is 0.192 e. The van der Waals surface area contributed by atoms with Crippen LogP contribution in [0.5, 0.6) is 0 Å². The Bertz CT molecular complexity index is 695. The second kappa shape index (κ2) is 5.67. The van der Waals surface area contributed by atoms with Gasteiger partial charge >= 0.3 is 0 Å². The Kier molecular flexibility index (Phi) is 3.76. The van der Waals surface area contributed by atoms with Crippen LogP contribution in [0.1, 0.15) is 22.3 Å². The van der Waals surface area contributed by atoms with Gasteiger partial charge in [-0.15, -0.1) is 0 Å². The van der Waals surface area contributed by atoms with E-state index in [1.807, 2.05) is 43.3 Å². The first kappa shape index (κ1) is 12.6. The Morgan fingerprint density at radius 2 is 1.79 bits per heavy atom. The first-order valence-corrected chi connectivity index (χ1v) is 5.92. The Hall–Kier alpha value is -2.84. The number of rotatable bonds is 2. The molecule has 0 aliphatic rings. The molecule has 2 rings (SSSR count). The third kappa shape index (κ3) is 3.09. The van der Waals surface area contributed by atoms with Crippen LogP contribution in [0, 0.1) is 29.6 Å². The molecule has 2 aromatic rings. The first-order valence-electron chi connectivity index (χ1n) is 5.92. The fourth-order valence-electron chi connectivity index (χ4n) is 1.77. The zero-order chi connectivity index (χ0) is 13.7. The van der Waals surface area contributed by atoms with Gasteiger partial charge in [0.1, 0.15) is 0 Å². The van der Waals surface area contributed by atoms with Crippen LogP contribution in [0.4, 0.5) is 0 Å². The minimum atomic E-state index is 0.556. The van der Waals surface area contributed by atoms with E-state index in [2.05, 4.69) is 12.1 Å². The zero-order valence-corrected chi connectivity index (χ0v) is 10.6. The van der Waals surface area contributed by atoms with Crippen molar-refractivity contribution in [3.05, 3.63) is 70.8 Å². The van der Waals surface area contributed by atoms with Crippen molar-refractivity contribution in [1.29, 1.82) is 10.5 Å². The van der Waals surface area contributed by atoms with Crippen LogP contribution in [0.15, 0.2) is 48.5 Å². The number of benzene rings is 2. The molecule has 0 atom stereocenters. The standard InChI is InChI=1S/C17H12N2/c1-13-5-7-14(8-6-13)9-17(12-19)16-4-2-3-15(10-16)11-18/h2-10H,1H3/b17-9-. The minimum Gasteiger partial charge on any atom is -0.192 e. The molecule has 0 fully saturated rings. The molecule has 0 N–H and O–H groups in total. The maximum Gasteiger partial charge on any atom is 0.0998 e. The average Bonchev–Trinajstić information content (AvgIpc) is 2.46. The van der Waals surface area contributed by atoms with Gasteiger partial charge in [0.15, 0.2) is 0 Å². The summed E-state index contributed by atoms with van der Waals surface area (Å²) in [5.74, 6) is 0. The highest BCUT2D eigenvalue weighted by molar-refractivity contribution is 5.89. The molecule has 90 valence electrons. The Balaban J connectivity index is 2.42. The summed E-state index contributed by atoms with van der Waals surface area (Å²) in [5, 5.41) is 18.1. The van der Waals surface area contributed by atoms with E-state index in [9.17, 15) is 5.26 Å². The van der Waals surface area contributed by atoms with Crippen LogP contribution in [-0.4, -0.2) is 0 Å². The van der Waals surface area contributed by atoms with E-state index >= 15 is 0 Å². The maximum absolute atomic E-state index is 9.26. The predicted molar refractivity (Wildman–Crippen MR) is 75.8 cm³/mol. The van der Waals surface area contributed by atoms with Crippen molar-refractivity contribution in [3.63, 3.8) is 0 Å². The maximum atomic E-state index is 9.26. The summed E-state index contributed by atoms with van der Waals surface area (Å²) in [4.78, 5) is 0. The zero-order valence-electron chi connectivity index (χ0n) is 10.6. The van der Waals surface area contributed by atoms with Gasteiger partial charge in [0.25, 0.3) is 0 Å². The average molecular weight is 244 g/mol. The van der Waals surface area contributed by atoms with E-state index in [0.29, 0.717) is 11.1 Å². The Morgan fingerprint density at radius 3 is 2.42 bits per heavy atom. The molecule has 0 aliphatic heterocycles. The van der Waals surface area contributed by atoms with E-state index in [4.69, 9.17) is 5.26 Å². The second-order valence-corrected chi connectivity index (χ2v) is 4.27. The lowest BCUT2D eigenvalue weighted by Crippen LogP contribution is -1.84. The smallest absolute Gasteiger partial charge is 0.0998 e. The van der Waals surface area contributed by atoms with Gasteiger partial charge in [-0.3, -0.25) is 0 Å². The second-order valence-electron chi connectivity index (χ2n) is 4.27. The lowest BCUT2D eigenvalue weighted by atomic mass is 10.0. The van der Waals surface area contributed by atoms with Crippen LogP contribution >= 0.6 is 0 Å². The molecular formula is C17H12N2. The summed E-state index contributed by atoms with van der Waals surface area (Å²) in [6.45, 7) is 2.02. The highest BCUT2D eigenvalue weighted by Crippen LogP contribution is 2.19. The van der Waals surface area contributed by atoms with Crippen molar-refractivity contribution in [2.75, 3.05) is 0 Å². The number of nitriles is 2. The summed E-state index contributed by atoms with van der Waals surface area (Å²) >= 11 is 0. The summed E-state index contributed by atoms with van der Waals surface area (Å²) in [5.41, 5.74) is 4.04. The molecule has 0 aliphatic carbocycles. The Labute approximate surface area is 112 Å². The number of aryl methyl sites for hydroxylation is 1. The van der Waals surface area contributed by atoms with Crippen LogP contribution in [0.25, 0.3) is 11.6 Å². The van der Waals surface area contributed by atoms with Gasteiger partial charge in [0.2, 0.25) is 0 Å². The van der Waals surface area contributed by atoms with Crippen molar-refractivity contribution in [1.82, 2.24) is 0 Å². The molecule has 2 nitrogen and oxygen atoms in total. The molecule has 0 spiro atoms. The van der Waals surface area contributed by atoms with Gasteiger partial charge < -0.3 is 0 Å². The van der Waals surface area contributed by atoms with Crippen LogP contribution in [0.2, 0.25) is 0 Å². The molecule has 19 heavy (non-hydrogen) atoms. The van der Waals surface area contributed by atoms with Crippen LogP contribution < -0.4 is 0 Å². The monoisotopic (exact) mass is 244 g/mol. The molecule has 2 aromatic carbocycles. The first-order chi connectivity index (χ1) is 9.22. The molecule has 0 unspecified atom stereocenters. The van der Waals surface area contributed by atoms with E-state index < -0.39 is 0 Å². The van der Waals surface area contributed by atoms with E-state index in [-0.39, 0.29) is 0 Å². The van der Waals surface area contributed by atoms with E-state index in [1.54, 1.807) is 18.2 Å². The fourth-order valence-corrected chi connectivity index (χ4v) is 1.77. The lowest BCUT2D eigenvalue weighted by Gasteiger charge is -2.01. The minimum absolute atomic E-state index is 0.556. The van der Waals surface area contributed by atoms with Gasteiger partial charge in [-0.1, -0.05) is 42.0 Å². The summed E-state index contributed by atoms with van der Waals surface area (Å²) in [6, 6.07) is 19.3. The third-order valence-corrected chi connectivity index (χ3v) is 2.81. The number of hydrogen-bond acceptors (Lipinski definition) is 2. The number of allylic oxidation sites excluding steroid dienone is 1. The topological polar surface area (TPSA) is 47.6 Å². The van der Waals surface area contributed by atoms with Gasteiger partial charge in [-0.05, 0) is 36.3 Å². The highest BCUT2D eigenvalue weighted by atomic mass is 14.3. The molecule has 2 heteroatoms. The molecule has 0 amide bonds. The quantitative estimate of drug-likeness (QED) is 0.593. The molecule has 0 bridgehead atoms. The van der Waals surface area contributed by atoms with Crippen LogP contribution in [-0.2, 0) is 0 Å². The van der Waals surface area contributed by atoms with Gasteiger partial charge in [0, 0.05) is 0 Å². The third-order valence-electron chi connectivity index (χ3n) is 2.81. The number of nitrogens with zero attached hydrogens (tertiary/aromatic N) is 2. The molecule has 0 radical (unpaired) electrons. The predicted octanol–water partition coefficient (Wildman–Crippen LogP) is 3.93. The van der Waals surface area contributed by atoms with Crippen LogP contribution in [0.3, 0.4) is 0 Å². The van der Waals surface area contributed by atoms with E-state index in [1.165, 1.54) is 5.56 Å². The molecule has 0 saturated heterocycles. The van der Waals surface area contributed by atoms with Gasteiger partial charge in [0.05, 0.1) is 23.3 Å². The summed E-state index contributed by atoms with van der Waals surface area (Å²) in [6.07, 6.45) is 1.83.